The molecule has 0 aliphatic rings. The lowest BCUT2D eigenvalue weighted by molar-refractivity contribution is -0.140. The molecule has 0 fully saturated rings. The smallest absolute Gasteiger partial charge is 0.319 e. The molecule has 0 aromatic carbocycles. The Morgan fingerprint density at radius 1 is 1.12 bits per heavy atom. The topological polar surface area (TPSA) is 52.6 Å². The third kappa shape index (κ3) is 16.3. The number of terminal acetylenes is 1. The van der Waals surface area contributed by atoms with E-state index < -0.39 is 0 Å². The van der Waals surface area contributed by atoms with Gasteiger partial charge in [0.05, 0.1) is 7.11 Å². The van der Waals surface area contributed by atoms with Crippen molar-refractivity contribution in [3.8, 4) is 36.2 Å². The number of methoxy groups -OCH3 is 1. The Bertz CT molecular complexity index is 393. The Balaban J connectivity index is -0.000000277. The van der Waals surface area contributed by atoms with Gasteiger partial charge in [0.25, 0.3) is 0 Å². The first-order valence-electron chi connectivity index (χ1n) is 4.84. The summed E-state index contributed by atoms with van der Waals surface area (Å²) in [6, 6.07) is 0. The average Bonchev–Trinajstić information content (AvgIpc) is 2.37. The Hall–Kier alpha value is -2.38. The minimum atomic E-state index is -0.375. The van der Waals surface area contributed by atoms with Gasteiger partial charge in [-0.05, 0) is 11.8 Å². The van der Waals surface area contributed by atoms with Crippen molar-refractivity contribution in [3.63, 3.8) is 0 Å². The van der Waals surface area contributed by atoms with Gasteiger partial charge < -0.3 is 9.47 Å². The summed E-state index contributed by atoms with van der Waals surface area (Å²) < 4.78 is 8.63. The number of esters is 2. The van der Waals surface area contributed by atoms with E-state index in [4.69, 9.17) is 6.42 Å². The SMILES string of the molecule is C#CC#CC#COC(=O)CC.CCC(=O)OC.[HH]. The van der Waals surface area contributed by atoms with E-state index >= 15 is 0 Å². The number of ether oxygens (including phenoxy) is 2. The van der Waals surface area contributed by atoms with Gasteiger partial charge in [0.1, 0.15) is 6.11 Å². The minimum Gasteiger partial charge on any atom is -0.469 e. The fraction of sp³-hybridized carbons (Fsp3) is 0.385. The van der Waals surface area contributed by atoms with Gasteiger partial charge >= 0.3 is 11.9 Å². The second kappa shape index (κ2) is 13.6. The summed E-state index contributed by atoms with van der Waals surface area (Å²) >= 11 is 0. The van der Waals surface area contributed by atoms with Crippen LogP contribution in [0, 0.1) is 36.2 Å². The summed E-state index contributed by atoms with van der Waals surface area (Å²) in [4.78, 5) is 20.4. The van der Waals surface area contributed by atoms with Crippen LogP contribution in [0.3, 0.4) is 0 Å². The highest BCUT2D eigenvalue weighted by molar-refractivity contribution is 5.70. The molecular weight excluding hydrogens is 220 g/mol. The Morgan fingerprint density at radius 2 is 1.71 bits per heavy atom. The van der Waals surface area contributed by atoms with E-state index in [9.17, 15) is 9.59 Å². The van der Waals surface area contributed by atoms with Crippen molar-refractivity contribution in [1.29, 1.82) is 0 Å². The van der Waals surface area contributed by atoms with Crippen molar-refractivity contribution >= 4 is 11.9 Å². The van der Waals surface area contributed by atoms with Crippen molar-refractivity contribution in [2.24, 2.45) is 0 Å². The normalized spacial score (nSPS) is 6.47. The molecule has 0 rings (SSSR count). The fourth-order valence-electron chi connectivity index (χ4n) is 0.392. The van der Waals surface area contributed by atoms with Crippen molar-refractivity contribution < 1.29 is 20.5 Å². The van der Waals surface area contributed by atoms with Gasteiger partial charge in [0.15, 0.2) is 0 Å². The highest BCUT2D eigenvalue weighted by Gasteiger charge is 1.91. The van der Waals surface area contributed by atoms with Crippen molar-refractivity contribution in [2.45, 2.75) is 26.7 Å². The largest absolute Gasteiger partial charge is 0.469 e. The van der Waals surface area contributed by atoms with Crippen LogP contribution in [0.2, 0.25) is 0 Å². The number of hydrogen-bond acceptors (Lipinski definition) is 4. The molecule has 92 valence electrons. The zero-order valence-corrected chi connectivity index (χ0v) is 10.1. The van der Waals surface area contributed by atoms with E-state index in [0.717, 1.165) is 0 Å². The summed E-state index contributed by atoms with van der Waals surface area (Å²) in [5, 5.41) is 0. The predicted molar refractivity (Wildman–Crippen MR) is 65.2 cm³/mol. The molecule has 0 saturated heterocycles. The van der Waals surface area contributed by atoms with Crippen molar-refractivity contribution in [3.05, 3.63) is 0 Å². The third-order valence-corrected chi connectivity index (χ3v) is 1.22. The van der Waals surface area contributed by atoms with Crippen LogP contribution in [0.4, 0.5) is 0 Å². The maximum Gasteiger partial charge on any atom is 0.319 e. The lowest BCUT2D eigenvalue weighted by Crippen LogP contribution is -1.95. The van der Waals surface area contributed by atoms with E-state index in [0.29, 0.717) is 12.8 Å². The predicted octanol–water partition coefficient (Wildman–Crippen LogP) is 1.35. The maximum atomic E-state index is 10.4. The first-order valence-corrected chi connectivity index (χ1v) is 4.84. The average molecular weight is 236 g/mol. The van der Waals surface area contributed by atoms with Crippen LogP contribution in [-0.4, -0.2) is 19.0 Å². The number of rotatable bonds is 2. The van der Waals surface area contributed by atoms with Crippen LogP contribution in [0.25, 0.3) is 0 Å². The van der Waals surface area contributed by atoms with Gasteiger partial charge in [0.2, 0.25) is 0 Å². The van der Waals surface area contributed by atoms with Crippen LogP contribution < -0.4 is 0 Å². The van der Waals surface area contributed by atoms with Gasteiger partial charge in [-0.2, -0.15) is 0 Å². The number of carbonyl (C=O) groups is 2. The van der Waals surface area contributed by atoms with E-state index in [2.05, 4.69) is 39.3 Å². The van der Waals surface area contributed by atoms with Crippen LogP contribution >= 0.6 is 0 Å². The summed E-state index contributed by atoms with van der Waals surface area (Å²) in [6.45, 7) is 3.43. The van der Waals surface area contributed by atoms with Gasteiger partial charge in [0, 0.05) is 26.1 Å². The molecule has 0 aliphatic carbocycles. The maximum absolute atomic E-state index is 10.4. The highest BCUT2D eigenvalue weighted by atomic mass is 16.5. The lowest BCUT2D eigenvalue weighted by Gasteiger charge is -1.87. The van der Waals surface area contributed by atoms with Crippen LogP contribution in [0.15, 0.2) is 0 Å². The highest BCUT2D eigenvalue weighted by Crippen LogP contribution is 1.79. The number of carbonyl (C=O) groups excluding carboxylic acids is 2. The summed E-state index contributed by atoms with van der Waals surface area (Å²) in [5.41, 5.74) is 0. The third-order valence-electron chi connectivity index (χ3n) is 1.22. The first kappa shape index (κ1) is 17.0. The van der Waals surface area contributed by atoms with E-state index in [-0.39, 0.29) is 13.4 Å². The number of hydrogen-bond donors (Lipinski definition) is 0. The molecular formula is C13H16O4. The summed E-state index contributed by atoms with van der Waals surface area (Å²) in [6.07, 6.45) is 7.67. The van der Waals surface area contributed by atoms with Crippen molar-refractivity contribution in [1.82, 2.24) is 0 Å². The quantitative estimate of drug-likeness (QED) is 0.536. The molecule has 0 aromatic rings. The molecule has 0 aliphatic heterocycles. The standard InChI is InChI=1S/C9H6O2.C4H8O2.H2/c1-3-5-6-7-8-11-9(10)4-2;1-3-4(5)6-2;/h1H,4H2,2H3;3H2,1-2H3;1H. The van der Waals surface area contributed by atoms with Gasteiger partial charge in [-0.3, -0.25) is 9.59 Å². The molecule has 0 spiro atoms. The molecule has 0 amide bonds. The monoisotopic (exact) mass is 236 g/mol. The fourth-order valence-corrected chi connectivity index (χ4v) is 0.392. The molecule has 0 N–H and O–H groups in total. The molecule has 4 nitrogen and oxygen atoms in total. The molecule has 0 heterocycles. The molecule has 17 heavy (non-hydrogen) atoms. The minimum absolute atomic E-state index is 0. The Labute approximate surface area is 103 Å². The van der Waals surface area contributed by atoms with Gasteiger partial charge in [-0.25, -0.2) is 0 Å². The van der Waals surface area contributed by atoms with E-state index in [1.54, 1.807) is 13.8 Å². The summed E-state index contributed by atoms with van der Waals surface area (Å²) in [7, 11) is 1.38. The van der Waals surface area contributed by atoms with E-state index in [1.165, 1.54) is 7.11 Å². The van der Waals surface area contributed by atoms with Crippen LogP contribution in [0.1, 0.15) is 28.1 Å². The van der Waals surface area contributed by atoms with Gasteiger partial charge in [-0.15, -0.1) is 6.42 Å². The van der Waals surface area contributed by atoms with Gasteiger partial charge in [-0.1, -0.05) is 13.8 Å². The lowest BCUT2D eigenvalue weighted by atomic mass is 10.5. The Morgan fingerprint density at radius 3 is 2.06 bits per heavy atom. The zero-order chi connectivity index (χ0) is 13.5. The summed E-state index contributed by atoms with van der Waals surface area (Å²) in [5.74, 6) is 8.33. The molecule has 0 bridgehead atoms. The van der Waals surface area contributed by atoms with Crippen molar-refractivity contribution in [2.75, 3.05) is 7.11 Å². The molecule has 4 heteroatoms. The molecule has 0 atom stereocenters. The van der Waals surface area contributed by atoms with E-state index in [1.807, 2.05) is 0 Å². The molecule has 0 aromatic heterocycles. The van der Waals surface area contributed by atoms with Crippen LogP contribution in [-0.2, 0) is 19.1 Å². The second-order valence-electron chi connectivity index (χ2n) is 2.38. The zero-order valence-electron chi connectivity index (χ0n) is 10.1. The Kier molecular flexibility index (Phi) is 13.6. The first-order chi connectivity index (χ1) is 8.12. The molecule has 0 saturated carbocycles. The molecule has 0 radical (unpaired) electrons. The second-order valence-corrected chi connectivity index (χ2v) is 2.38. The molecule has 0 unspecified atom stereocenters. The van der Waals surface area contributed by atoms with Crippen LogP contribution in [0.5, 0.6) is 0 Å².